The van der Waals surface area contributed by atoms with Gasteiger partial charge >= 0.3 is 5.97 Å². The molecular formula is C16H13ClO3. The van der Waals surface area contributed by atoms with Crippen LogP contribution in [0.3, 0.4) is 0 Å². The molecule has 4 heteroatoms. The van der Waals surface area contributed by atoms with E-state index in [1.165, 1.54) is 6.08 Å². The molecule has 0 bridgehead atoms. The van der Waals surface area contributed by atoms with Gasteiger partial charge in [0.1, 0.15) is 11.5 Å². The van der Waals surface area contributed by atoms with Gasteiger partial charge in [-0.2, -0.15) is 0 Å². The summed E-state index contributed by atoms with van der Waals surface area (Å²) in [6.07, 6.45) is 3.00. The number of benzene rings is 2. The van der Waals surface area contributed by atoms with Gasteiger partial charge < -0.3 is 9.47 Å². The lowest BCUT2D eigenvalue weighted by atomic mass is 10.2. The molecule has 0 aromatic heterocycles. The second kappa shape index (κ2) is 6.78. The zero-order valence-electron chi connectivity index (χ0n) is 10.9. The van der Waals surface area contributed by atoms with Crippen molar-refractivity contribution in [2.75, 3.05) is 7.11 Å². The zero-order valence-corrected chi connectivity index (χ0v) is 11.6. The number of esters is 1. The monoisotopic (exact) mass is 288 g/mol. The van der Waals surface area contributed by atoms with Gasteiger partial charge in [0.15, 0.2) is 0 Å². The summed E-state index contributed by atoms with van der Waals surface area (Å²) < 4.78 is 10.3. The molecule has 0 heterocycles. The van der Waals surface area contributed by atoms with Gasteiger partial charge in [-0.25, -0.2) is 4.79 Å². The Morgan fingerprint density at radius 3 is 2.50 bits per heavy atom. The van der Waals surface area contributed by atoms with E-state index in [0.29, 0.717) is 16.5 Å². The van der Waals surface area contributed by atoms with E-state index in [1.807, 2.05) is 24.3 Å². The van der Waals surface area contributed by atoms with E-state index in [4.69, 9.17) is 21.1 Å². The molecule has 0 amide bonds. The molecule has 0 atom stereocenters. The Kier molecular flexibility index (Phi) is 4.80. The van der Waals surface area contributed by atoms with Crippen LogP contribution in [-0.4, -0.2) is 13.1 Å². The van der Waals surface area contributed by atoms with Gasteiger partial charge in [0.25, 0.3) is 0 Å². The Hall–Kier alpha value is -2.26. The lowest BCUT2D eigenvalue weighted by Crippen LogP contribution is -2.03. The number of hydrogen-bond donors (Lipinski definition) is 0. The first-order valence-electron chi connectivity index (χ1n) is 5.97. The van der Waals surface area contributed by atoms with E-state index in [0.717, 1.165) is 5.56 Å². The molecule has 0 spiro atoms. The Balaban J connectivity index is 2.04. The van der Waals surface area contributed by atoms with Crippen LogP contribution in [0.4, 0.5) is 0 Å². The van der Waals surface area contributed by atoms with Crippen molar-refractivity contribution in [1.82, 2.24) is 0 Å². The summed E-state index contributed by atoms with van der Waals surface area (Å²) in [6, 6.07) is 14.0. The summed E-state index contributed by atoms with van der Waals surface area (Å²) in [5, 5.41) is 0.592. The number of halogens is 1. The highest BCUT2D eigenvalue weighted by molar-refractivity contribution is 6.30. The minimum atomic E-state index is -0.460. The summed E-state index contributed by atoms with van der Waals surface area (Å²) in [7, 11) is 1.58. The molecule has 2 aromatic rings. The minimum Gasteiger partial charge on any atom is -0.496 e. The fourth-order valence-electron chi connectivity index (χ4n) is 1.61. The van der Waals surface area contributed by atoms with Gasteiger partial charge in [0, 0.05) is 16.7 Å². The molecular weight excluding hydrogens is 276 g/mol. The number of methoxy groups -OCH3 is 1. The zero-order chi connectivity index (χ0) is 14.4. The second-order valence-electron chi connectivity index (χ2n) is 3.95. The van der Waals surface area contributed by atoms with Crippen molar-refractivity contribution < 1.29 is 14.3 Å². The van der Waals surface area contributed by atoms with Crippen LogP contribution >= 0.6 is 11.6 Å². The van der Waals surface area contributed by atoms with E-state index in [9.17, 15) is 4.79 Å². The molecule has 2 aromatic carbocycles. The first kappa shape index (κ1) is 14.2. The van der Waals surface area contributed by atoms with Gasteiger partial charge in [0.2, 0.25) is 0 Å². The maximum Gasteiger partial charge on any atom is 0.336 e. The van der Waals surface area contributed by atoms with Crippen molar-refractivity contribution >= 4 is 23.6 Å². The van der Waals surface area contributed by atoms with Crippen LogP contribution in [0.15, 0.2) is 54.6 Å². The molecule has 2 rings (SSSR count). The molecule has 102 valence electrons. The fraction of sp³-hybridized carbons (Fsp3) is 0.0625. The molecule has 20 heavy (non-hydrogen) atoms. The van der Waals surface area contributed by atoms with E-state index in [-0.39, 0.29) is 0 Å². The molecule has 0 aliphatic rings. The van der Waals surface area contributed by atoms with Crippen LogP contribution in [0.25, 0.3) is 6.08 Å². The molecule has 0 radical (unpaired) electrons. The predicted molar refractivity (Wildman–Crippen MR) is 79.1 cm³/mol. The Morgan fingerprint density at radius 1 is 1.10 bits per heavy atom. The summed E-state index contributed by atoms with van der Waals surface area (Å²) in [4.78, 5) is 11.7. The van der Waals surface area contributed by atoms with E-state index in [2.05, 4.69) is 0 Å². The average Bonchev–Trinajstić information content (AvgIpc) is 2.48. The van der Waals surface area contributed by atoms with Crippen molar-refractivity contribution in [3.63, 3.8) is 0 Å². The number of para-hydroxylation sites is 1. The maximum atomic E-state index is 11.7. The summed E-state index contributed by atoms with van der Waals surface area (Å²) >= 11 is 5.75. The average molecular weight is 289 g/mol. The number of ether oxygens (including phenoxy) is 2. The molecule has 0 saturated carbocycles. The molecule has 0 saturated heterocycles. The molecule has 3 nitrogen and oxygen atoms in total. The highest BCUT2D eigenvalue weighted by Gasteiger charge is 2.02. The van der Waals surface area contributed by atoms with E-state index >= 15 is 0 Å². The topological polar surface area (TPSA) is 35.5 Å². The Bertz CT molecular complexity index is 618. The highest BCUT2D eigenvalue weighted by atomic mass is 35.5. The normalized spacial score (nSPS) is 10.5. The third kappa shape index (κ3) is 3.87. The smallest absolute Gasteiger partial charge is 0.336 e. The van der Waals surface area contributed by atoms with Gasteiger partial charge in [-0.15, -0.1) is 0 Å². The number of carbonyl (C=O) groups is 1. The standard InChI is InChI=1S/C16H13ClO3/c1-19-15-5-3-2-4-12(15)6-11-16(18)20-14-9-7-13(17)8-10-14/h2-11H,1H3/b11-6+. The van der Waals surface area contributed by atoms with Crippen LogP contribution in [0.1, 0.15) is 5.56 Å². The Morgan fingerprint density at radius 2 is 1.80 bits per heavy atom. The second-order valence-corrected chi connectivity index (χ2v) is 4.39. The van der Waals surface area contributed by atoms with Crippen molar-refractivity contribution in [2.45, 2.75) is 0 Å². The minimum absolute atomic E-state index is 0.448. The van der Waals surface area contributed by atoms with Gasteiger partial charge in [0.05, 0.1) is 7.11 Å². The van der Waals surface area contributed by atoms with Crippen molar-refractivity contribution in [2.24, 2.45) is 0 Å². The van der Waals surface area contributed by atoms with Crippen LogP contribution in [0, 0.1) is 0 Å². The van der Waals surface area contributed by atoms with Crippen LogP contribution in [0.5, 0.6) is 11.5 Å². The van der Waals surface area contributed by atoms with E-state index in [1.54, 1.807) is 37.5 Å². The third-order valence-corrected chi connectivity index (χ3v) is 2.82. The number of rotatable bonds is 4. The van der Waals surface area contributed by atoms with Gasteiger partial charge in [-0.3, -0.25) is 0 Å². The first-order valence-corrected chi connectivity index (χ1v) is 6.35. The highest BCUT2D eigenvalue weighted by Crippen LogP contribution is 2.19. The predicted octanol–water partition coefficient (Wildman–Crippen LogP) is 3.97. The third-order valence-electron chi connectivity index (χ3n) is 2.57. The molecule has 0 fully saturated rings. The van der Waals surface area contributed by atoms with Crippen LogP contribution in [-0.2, 0) is 4.79 Å². The number of carbonyl (C=O) groups excluding carboxylic acids is 1. The van der Waals surface area contributed by atoms with Crippen molar-refractivity contribution in [3.8, 4) is 11.5 Å². The summed E-state index contributed by atoms with van der Waals surface area (Å²) in [6.45, 7) is 0. The fourth-order valence-corrected chi connectivity index (χ4v) is 1.74. The van der Waals surface area contributed by atoms with Crippen LogP contribution in [0.2, 0.25) is 5.02 Å². The van der Waals surface area contributed by atoms with Crippen molar-refractivity contribution in [3.05, 3.63) is 65.2 Å². The molecule has 0 unspecified atom stereocenters. The first-order chi connectivity index (χ1) is 9.69. The SMILES string of the molecule is COc1ccccc1/C=C/C(=O)Oc1ccc(Cl)cc1. The van der Waals surface area contributed by atoms with Crippen LogP contribution < -0.4 is 9.47 Å². The van der Waals surface area contributed by atoms with Crippen molar-refractivity contribution in [1.29, 1.82) is 0 Å². The Labute approximate surface area is 122 Å². The van der Waals surface area contributed by atoms with Gasteiger partial charge in [-0.05, 0) is 36.4 Å². The maximum absolute atomic E-state index is 11.7. The largest absolute Gasteiger partial charge is 0.496 e. The molecule has 0 aliphatic heterocycles. The lowest BCUT2D eigenvalue weighted by Gasteiger charge is -2.03. The summed E-state index contributed by atoms with van der Waals surface area (Å²) in [5.41, 5.74) is 0.808. The molecule has 0 aliphatic carbocycles. The lowest BCUT2D eigenvalue weighted by molar-refractivity contribution is -0.128. The number of hydrogen-bond acceptors (Lipinski definition) is 3. The van der Waals surface area contributed by atoms with E-state index < -0.39 is 5.97 Å². The quantitative estimate of drug-likeness (QED) is 0.485. The summed E-state index contributed by atoms with van der Waals surface area (Å²) in [5.74, 6) is 0.686. The van der Waals surface area contributed by atoms with Gasteiger partial charge in [-0.1, -0.05) is 29.8 Å². The molecule has 0 N–H and O–H groups in total.